The molecule has 0 saturated carbocycles. The van der Waals surface area contributed by atoms with E-state index in [2.05, 4.69) is 44.4 Å². The van der Waals surface area contributed by atoms with Crippen molar-refractivity contribution in [2.75, 3.05) is 39.1 Å². The van der Waals surface area contributed by atoms with Crippen molar-refractivity contribution in [1.29, 1.82) is 0 Å². The van der Waals surface area contributed by atoms with E-state index in [-0.39, 0.29) is 5.91 Å². The van der Waals surface area contributed by atoms with Crippen molar-refractivity contribution in [2.45, 2.75) is 33.2 Å². The summed E-state index contributed by atoms with van der Waals surface area (Å²) >= 11 is 6.46. The molecule has 9 nitrogen and oxygen atoms in total. The molecule has 0 unspecified atom stereocenters. The monoisotopic (exact) mass is 485 g/mol. The number of benzene rings is 1. The first kappa shape index (κ1) is 25.5. The van der Waals surface area contributed by atoms with E-state index in [9.17, 15) is 4.79 Å². The number of hydrogen-bond donors (Lipinski definition) is 2. The quantitative estimate of drug-likeness (QED) is 0.404. The molecule has 10 heteroatoms. The van der Waals surface area contributed by atoms with E-state index in [1.807, 2.05) is 10.9 Å². The number of methoxy groups -OCH3 is 1. The average molecular weight is 486 g/mol. The molecule has 0 fully saturated rings. The lowest BCUT2D eigenvalue weighted by Crippen LogP contribution is -2.27. The van der Waals surface area contributed by atoms with Crippen molar-refractivity contribution in [2.24, 2.45) is 0 Å². The van der Waals surface area contributed by atoms with Crippen LogP contribution in [-0.4, -0.2) is 64.3 Å². The number of aromatic nitrogens is 4. The lowest BCUT2D eigenvalue weighted by Gasteiger charge is -2.17. The molecule has 2 aromatic heterocycles. The van der Waals surface area contributed by atoms with Gasteiger partial charge < -0.3 is 20.3 Å². The number of amides is 1. The number of carbonyl (C=O) groups excluding carboxylic acids is 1. The standard InChI is InChI=1S/C24H32ClN7O2/c1-5-31(6-2)9-10-32-16-20(15-29-32)30-24-27-13-17(14-28-24)7-8-18-11-19(23(33)26-3)12-21(34-4)22(18)25/h11-16H,5-10H2,1-4H3,(H,26,33)(H,27,28,30). The lowest BCUT2D eigenvalue weighted by molar-refractivity contribution is 0.0962. The molecule has 182 valence electrons. The molecular formula is C24H32ClN7O2. The molecule has 0 aliphatic heterocycles. The number of halogens is 1. The molecule has 0 bridgehead atoms. The third-order valence-electron chi connectivity index (χ3n) is 5.64. The first-order valence-corrected chi connectivity index (χ1v) is 11.8. The Balaban J connectivity index is 1.59. The third kappa shape index (κ3) is 6.68. The van der Waals surface area contributed by atoms with Crippen LogP contribution >= 0.6 is 11.6 Å². The van der Waals surface area contributed by atoms with Crippen LogP contribution in [0.2, 0.25) is 5.02 Å². The Labute approximate surface area is 205 Å². The van der Waals surface area contributed by atoms with Crippen molar-refractivity contribution in [3.8, 4) is 5.75 Å². The molecule has 1 aromatic carbocycles. The zero-order chi connectivity index (χ0) is 24.5. The van der Waals surface area contributed by atoms with E-state index < -0.39 is 0 Å². The highest BCUT2D eigenvalue weighted by Crippen LogP contribution is 2.31. The summed E-state index contributed by atoms with van der Waals surface area (Å²) in [6, 6.07) is 3.43. The van der Waals surface area contributed by atoms with E-state index in [0.717, 1.165) is 43.0 Å². The van der Waals surface area contributed by atoms with Crippen LogP contribution in [0.4, 0.5) is 11.6 Å². The number of carbonyl (C=O) groups is 1. The van der Waals surface area contributed by atoms with Crippen molar-refractivity contribution in [3.63, 3.8) is 0 Å². The molecule has 0 aliphatic rings. The van der Waals surface area contributed by atoms with Crippen molar-refractivity contribution >= 4 is 29.1 Å². The van der Waals surface area contributed by atoms with Crippen molar-refractivity contribution in [3.05, 3.63) is 58.6 Å². The predicted molar refractivity (Wildman–Crippen MR) is 134 cm³/mol. The molecule has 0 aliphatic carbocycles. The van der Waals surface area contributed by atoms with E-state index in [4.69, 9.17) is 16.3 Å². The number of nitrogens with one attached hydrogen (secondary N) is 2. The molecule has 1 amide bonds. The summed E-state index contributed by atoms with van der Waals surface area (Å²) in [5.41, 5.74) is 3.14. The number of anilines is 2. The molecular weight excluding hydrogens is 454 g/mol. The molecule has 2 heterocycles. The molecule has 0 saturated heterocycles. The Bertz CT molecular complexity index is 1080. The summed E-state index contributed by atoms with van der Waals surface area (Å²) in [6.45, 7) is 8.17. The minimum Gasteiger partial charge on any atom is -0.495 e. The highest BCUT2D eigenvalue weighted by molar-refractivity contribution is 6.33. The van der Waals surface area contributed by atoms with Crippen LogP contribution in [0.15, 0.2) is 36.9 Å². The molecule has 0 radical (unpaired) electrons. The molecule has 3 rings (SSSR count). The number of aryl methyl sites for hydroxylation is 2. The van der Waals surface area contributed by atoms with Gasteiger partial charge in [-0.3, -0.25) is 9.48 Å². The van der Waals surface area contributed by atoms with Gasteiger partial charge in [-0.15, -0.1) is 0 Å². The van der Waals surface area contributed by atoms with Crippen LogP contribution in [0, 0.1) is 0 Å². The molecule has 0 atom stereocenters. The van der Waals surface area contributed by atoms with E-state index >= 15 is 0 Å². The first-order chi connectivity index (χ1) is 16.5. The Kier molecular flexibility index (Phi) is 9.24. The predicted octanol–water partition coefficient (Wildman–Crippen LogP) is 3.57. The van der Waals surface area contributed by atoms with Crippen LogP contribution in [0.1, 0.15) is 35.3 Å². The summed E-state index contributed by atoms with van der Waals surface area (Å²) in [5, 5.41) is 10.7. The summed E-state index contributed by atoms with van der Waals surface area (Å²) < 4.78 is 7.25. The van der Waals surface area contributed by atoms with Gasteiger partial charge in [0.05, 0.1) is 30.6 Å². The maximum absolute atomic E-state index is 12.1. The van der Waals surface area contributed by atoms with Crippen LogP contribution in [0.5, 0.6) is 5.75 Å². The Morgan fingerprint density at radius 3 is 2.53 bits per heavy atom. The zero-order valence-electron chi connectivity index (χ0n) is 20.1. The van der Waals surface area contributed by atoms with E-state index in [1.54, 1.807) is 37.8 Å². The Morgan fingerprint density at radius 2 is 1.88 bits per heavy atom. The molecule has 0 spiro atoms. The van der Waals surface area contributed by atoms with Gasteiger partial charge in [0, 0.05) is 37.7 Å². The number of ether oxygens (including phenoxy) is 1. The van der Waals surface area contributed by atoms with E-state index in [1.165, 1.54) is 7.11 Å². The molecule has 2 N–H and O–H groups in total. The summed E-state index contributed by atoms with van der Waals surface area (Å²) in [7, 11) is 3.13. The fraction of sp³-hybridized carbons (Fsp3) is 0.417. The van der Waals surface area contributed by atoms with E-state index in [0.29, 0.717) is 35.1 Å². The Hall–Kier alpha value is -3.17. The van der Waals surface area contributed by atoms with Crippen molar-refractivity contribution < 1.29 is 9.53 Å². The Morgan fingerprint density at radius 1 is 1.15 bits per heavy atom. The highest BCUT2D eigenvalue weighted by Gasteiger charge is 2.14. The third-order valence-corrected chi connectivity index (χ3v) is 6.07. The van der Waals surface area contributed by atoms with Gasteiger partial charge in [0.25, 0.3) is 5.91 Å². The van der Waals surface area contributed by atoms with Gasteiger partial charge in [0.2, 0.25) is 5.95 Å². The second-order valence-electron chi connectivity index (χ2n) is 7.79. The van der Waals surface area contributed by atoms with Gasteiger partial charge in [-0.25, -0.2) is 9.97 Å². The van der Waals surface area contributed by atoms with Gasteiger partial charge in [0.15, 0.2) is 0 Å². The number of rotatable bonds is 12. The van der Waals surface area contributed by atoms with Crippen LogP contribution in [-0.2, 0) is 19.4 Å². The minimum atomic E-state index is -0.189. The number of hydrogen-bond acceptors (Lipinski definition) is 7. The second kappa shape index (κ2) is 12.3. The van der Waals surface area contributed by atoms with Gasteiger partial charge in [-0.1, -0.05) is 25.4 Å². The lowest BCUT2D eigenvalue weighted by atomic mass is 10.0. The van der Waals surface area contributed by atoms with Gasteiger partial charge in [-0.05, 0) is 49.2 Å². The van der Waals surface area contributed by atoms with Crippen molar-refractivity contribution in [1.82, 2.24) is 30.0 Å². The summed E-state index contributed by atoms with van der Waals surface area (Å²) in [6.07, 6.45) is 8.59. The van der Waals surface area contributed by atoms with Crippen LogP contribution in [0.25, 0.3) is 0 Å². The number of nitrogens with zero attached hydrogens (tertiary/aromatic N) is 5. The normalized spacial score (nSPS) is 11.0. The fourth-order valence-corrected chi connectivity index (χ4v) is 3.83. The molecule has 34 heavy (non-hydrogen) atoms. The van der Waals surface area contributed by atoms with Gasteiger partial charge in [0.1, 0.15) is 5.75 Å². The van der Waals surface area contributed by atoms with Crippen LogP contribution in [0.3, 0.4) is 0 Å². The van der Waals surface area contributed by atoms with Crippen LogP contribution < -0.4 is 15.4 Å². The zero-order valence-corrected chi connectivity index (χ0v) is 20.9. The summed E-state index contributed by atoms with van der Waals surface area (Å²) in [4.78, 5) is 23.3. The van der Waals surface area contributed by atoms with Gasteiger partial charge in [-0.2, -0.15) is 5.10 Å². The number of likely N-dealkylation sites (N-methyl/N-ethyl adjacent to an activating group) is 1. The highest BCUT2D eigenvalue weighted by atomic mass is 35.5. The minimum absolute atomic E-state index is 0.189. The SMILES string of the molecule is CCN(CC)CCn1cc(Nc2ncc(CCc3cc(C(=O)NC)cc(OC)c3Cl)cn2)cn1. The average Bonchev–Trinajstić information content (AvgIpc) is 3.31. The first-order valence-electron chi connectivity index (χ1n) is 11.4. The summed E-state index contributed by atoms with van der Waals surface area (Å²) in [5.74, 6) is 0.797. The molecule has 3 aromatic rings. The maximum Gasteiger partial charge on any atom is 0.251 e. The maximum atomic E-state index is 12.1. The largest absolute Gasteiger partial charge is 0.495 e. The second-order valence-corrected chi connectivity index (χ2v) is 8.17. The topological polar surface area (TPSA) is 97.2 Å². The van der Waals surface area contributed by atoms with Gasteiger partial charge >= 0.3 is 0 Å². The fourth-order valence-electron chi connectivity index (χ4n) is 3.55. The smallest absolute Gasteiger partial charge is 0.251 e.